The topological polar surface area (TPSA) is 70.4 Å². The first kappa shape index (κ1) is 24.4. The molecule has 2 aliphatic rings. The van der Waals surface area contributed by atoms with Crippen molar-refractivity contribution in [2.75, 3.05) is 19.6 Å². The molecule has 1 atom stereocenters. The predicted octanol–water partition coefficient (Wildman–Crippen LogP) is 4.01. The van der Waals surface area contributed by atoms with Gasteiger partial charge in [-0.2, -0.15) is 0 Å². The van der Waals surface area contributed by atoms with Crippen LogP contribution in [0.25, 0.3) is 0 Å². The van der Waals surface area contributed by atoms with E-state index >= 15 is 0 Å². The number of guanidine groups is 1. The summed E-state index contributed by atoms with van der Waals surface area (Å²) in [4.78, 5) is 8.95. The van der Waals surface area contributed by atoms with Gasteiger partial charge >= 0.3 is 0 Å². The van der Waals surface area contributed by atoms with Gasteiger partial charge < -0.3 is 15.2 Å². The highest BCUT2D eigenvalue weighted by Gasteiger charge is 2.25. The second-order valence-electron chi connectivity index (χ2n) is 8.52. The Morgan fingerprint density at radius 1 is 1.19 bits per heavy atom. The average molecular weight is 558 g/mol. The summed E-state index contributed by atoms with van der Waals surface area (Å²) in [6.45, 7) is 5.75. The molecular formula is C22H36IN7S. The fourth-order valence-corrected chi connectivity index (χ4v) is 5.33. The Hall–Kier alpha value is -1.20. The normalized spacial score (nSPS) is 19.2. The van der Waals surface area contributed by atoms with E-state index in [2.05, 4.69) is 43.2 Å². The van der Waals surface area contributed by atoms with Crippen LogP contribution in [-0.2, 0) is 13.6 Å². The molecule has 172 valence electrons. The second-order valence-corrected chi connectivity index (χ2v) is 9.50. The maximum Gasteiger partial charge on any atom is 0.191 e. The highest BCUT2D eigenvalue weighted by molar-refractivity contribution is 14.0. The molecule has 0 radical (unpaired) electrons. The SMILES string of the molecule is Cc1nnc(CN=C(NCC(c2cccs2)N2CCCC2)NC2CCCCC2)n1C.I. The molecular weight excluding hydrogens is 521 g/mol. The van der Waals surface area contributed by atoms with Gasteiger partial charge in [-0.3, -0.25) is 4.90 Å². The number of nitrogens with one attached hydrogen (secondary N) is 2. The Kier molecular flexibility index (Phi) is 9.58. The highest BCUT2D eigenvalue weighted by Crippen LogP contribution is 2.28. The molecule has 7 nitrogen and oxygen atoms in total. The van der Waals surface area contributed by atoms with E-state index in [1.54, 1.807) is 0 Å². The number of rotatable bonds is 7. The van der Waals surface area contributed by atoms with Gasteiger partial charge in [0.15, 0.2) is 11.8 Å². The van der Waals surface area contributed by atoms with Crippen molar-refractivity contribution >= 4 is 41.3 Å². The summed E-state index contributed by atoms with van der Waals surface area (Å²) < 4.78 is 2.01. The third kappa shape index (κ3) is 6.64. The zero-order valence-electron chi connectivity index (χ0n) is 18.7. The van der Waals surface area contributed by atoms with Gasteiger partial charge in [0, 0.05) is 24.5 Å². The van der Waals surface area contributed by atoms with Gasteiger partial charge in [0.1, 0.15) is 12.4 Å². The Morgan fingerprint density at radius 3 is 2.61 bits per heavy atom. The summed E-state index contributed by atoms with van der Waals surface area (Å²) in [7, 11) is 2.00. The minimum Gasteiger partial charge on any atom is -0.354 e. The molecule has 2 N–H and O–H groups in total. The molecule has 0 spiro atoms. The molecule has 1 saturated heterocycles. The van der Waals surface area contributed by atoms with Crippen LogP contribution >= 0.6 is 35.3 Å². The Labute approximate surface area is 207 Å². The van der Waals surface area contributed by atoms with Crippen LogP contribution in [-0.4, -0.2) is 51.3 Å². The lowest BCUT2D eigenvalue weighted by Gasteiger charge is -2.29. The summed E-state index contributed by atoms with van der Waals surface area (Å²) in [5, 5.41) is 18.0. The molecule has 4 rings (SSSR count). The first-order valence-electron chi connectivity index (χ1n) is 11.4. The fourth-order valence-electron chi connectivity index (χ4n) is 4.47. The summed E-state index contributed by atoms with van der Waals surface area (Å²) >= 11 is 1.86. The monoisotopic (exact) mass is 557 g/mol. The molecule has 0 aromatic carbocycles. The molecule has 1 unspecified atom stereocenters. The zero-order chi connectivity index (χ0) is 20.8. The van der Waals surface area contributed by atoms with Gasteiger partial charge in [0.05, 0.1) is 6.04 Å². The van der Waals surface area contributed by atoms with Gasteiger partial charge in [0.2, 0.25) is 0 Å². The Morgan fingerprint density at radius 2 is 1.97 bits per heavy atom. The van der Waals surface area contributed by atoms with Gasteiger partial charge in [0.25, 0.3) is 0 Å². The molecule has 31 heavy (non-hydrogen) atoms. The van der Waals surface area contributed by atoms with Crippen LogP contribution in [0.3, 0.4) is 0 Å². The van der Waals surface area contributed by atoms with E-state index in [9.17, 15) is 0 Å². The van der Waals surface area contributed by atoms with E-state index in [1.807, 2.05) is 29.9 Å². The van der Waals surface area contributed by atoms with Gasteiger partial charge in [-0.1, -0.05) is 25.3 Å². The largest absolute Gasteiger partial charge is 0.354 e. The number of aromatic nitrogens is 3. The smallest absolute Gasteiger partial charge is 0.191 e. The first-order valence-corrected chi connectivity index (χ1v) is 12.3. The molecule has 2 aromatic heterocycles. The number of thiophene rings is 1. The lowest BCUT2D eigenvalue weighted by Crippen LogP contribution is -2.47. The second kappa shape index (κ2) is 12.2. The van der Waals surface area contributed by atoms with E-state index in [-0.39, 0.29) is 24.0 Å². The summed E-state index contributed by atoms with van der Waals surface area (Å²) in [5.74, 6) is 2.72. The van der Waals surface area contributed by atoms with Crippen molar-refractivity contribution in [1.29, 1.82) is 0 Å². The number of aliphatic imine (C=N–C) groups is 1. The average Bonchev–Trinajstić information content (AvgIpc) is 3.53. The van der Waals surface area contributed by atoms with Gasteiger partial charge in [-0.15, -0.1) is 45.5 Å². The minimum absolute atomic E-state index is 0. The summed E-state index contributed by atoms with van der Waals surface area (Å²) in [6.07, 6.45) is 9.02. The maximum absolute atomic E-state index is 4.90. The number of aryl methyl sites for hydroxylation is 1. The molecule has 0 bridgehead atoms. The van der Waals surface area contributed by atoms with Crippen LogP contribution in [0, 0.1) is 6.92 Å². The molecule has 3 heterocycles. The zero-order valence-corrected chi connectivity index (χ0v) is 21.9. The van der Waals surface area contributed by atoms with Crippen molar-refractivity contribution in [2.24, 2.45) is 12.0 Å². The van der Waals surface area contributed by atoms with E-state index in [1.165, 1.54) is 62.9 Å². The Balaban J connectivity index is 0.00000272. The van der Waals surface area contributed by atoms with Crippen molar-refractivity contribution < 1.29 is 0 Å². The number of hydrogen-bond donors (Lipinski definition) is 2. The fraction of sp³-hybridized carbons (Fsp3) is 0.682. The number of likely N-dealkylation sites (tertiary alicyclic amines) is 1. The standard InChI is InChI=1S/C22H35N7S.HI/c1-17-26-27-21(28(17)2)16-24-22(25-18-9-4-3-5-10-18)23-15-19(20-11-8-14-30-20)29-12-6-7-13-29;/h8,11,14,18-19H,3-7,9-10,12-13,15-16H2,1-2H3,(H2,23,24,25);1H. The predicted molar refractivity (Wildman–Crippen MR) is 138 cm³/mol. The van der Waals surface area contributed by atoms with Crippen LogP contribution in [0.1, 0.15) is 67.5 Å². The molecule has 0 amide bonds. The van der Waals surface area contributed by atoms with Crippen LogP contribution in [0.2, 0.25) is 0 Å². The van der Waals surface area contributed by atoms with Gasteiger partial charge in [-0.05, 0) is 57.1 Å². The van der Waals surface area contributed by atoms with E-state index < -0.39 is 0 Å². The minimum atomic E-state index is 0. The third-order valence-electron chi connectivity index (χ3n) is 6.42. The van der Waals surface area contributed by atoms with E-state index in [0.29, 0.717) is 18.6 Å². The van der Waals surface area contributed by atoms with Crippen molar-refractivity contribution in [3.63, 3.8) is 0 Å². The quantitative estimate of drug-likeness (QED) is 0.306. The molecule has 1 aliphatic carbocycles. The number of halogens is 1. The van der Waals surface area contributed by atoms with E-state index in [4.69, 9.17) is 4.99 Å². The number of nitrogens with zero attached hydrogens (tertiary/aromatic N) is 5. The van der Waals surface area contributed by atoms with Gasteiger partial charge in [-0.25, -0.2) is 4.99 Å². The summed E-state index contributed by atoms with van der Waals surface area (Å²) in [6, 6.07) is 5.35. The lowest BCUT2D eigenvalue weighted by molar-refractivity contribution is 0.248. The maximum atomic E-state index is 4.90. The molecule has 2 aromatic rings. The van der Waals surface area contributed by atoms with E-state index in [0.717, 1.165) is 24.2 Å². The molecule has 1 aliphatic heterocycles. The number of hydrogen-bond acceptors (Lipinski definition) is 5. The van der Waals surface area contributed by atoms with Crippen molar-refractivity contribution in [3.8, 4) is 0 Å². The third-order valence-corrected chi connectivity index (χ3v) is 7.40. The van der Waals surface area contributed by atoms with Crippen molar-refractivity contribution in [2.45, 2.75) is 70.5 Å². The molecule has 9 heteroatoms. The first-order chi connectivity index (χ1) is 14.7. The summed E-state index contributed by atoms with van der Waals surface area (Å²) in [5.41, 5.74) is 0. The molecule has 1 saturated carbocycles. The van der Waals surface area contributed by atoms with Crippen LogP contribution in [0.5, 0.6) is 0 Å². The Bertz CT molecular complexity index is 808. The lowest BCUT2D eigenvalue weighted by atomic mass is 9.96. The van der Waals surface area contributed by atoms with Crippen molar-refractivity contribution in [3.05, 3.63) is 34.0 Å². The van der Waals surface area contributed by atoms with Crippen LogP contribution in [0.15, 0.2) is 22.5 Å². The molecule has 2 fully saturated rings. The van der Waals surface area contributed by atoms with Crippen LogP contribution in [0.4, 0.5) is 0 Å². The van der Waals surface area contributed by atoms with Crippen molar-refractivity contribution in [1.82, 2.24) is 30.3 Å². The highest BCUT2D eigenvalue weighted by atomic mass is 127. The van der Waals surface area contributed by atoms with Crippen LogP contribution < -0.4 is 10.6 Å².